The molecule has 1 aromatic rings. The van der Waals surface area contributed by atoms with E-state index < -0.39 is 11.0 Å². The molecule has 0 amide bonds. The van der Waals surface area contributed by atoms with Gasteiger partial charge in [-0.2, -0.15) is 0 Å². The maximum absolute atomic E-state index is 10.7. The second-order valence-electron chi connectivity index (χ2n) is 3.75. The van der Waals surface area contributed by atoms with Crippen LogP contribution >= 0.6 is 0 Å². The molecule has 8 heteroatoms. The first kappa shape index (κ1) is 14.6. The molecule has 102 valence electrons. The number of methoxy groups -OCH3 is 1. The molecule has 18 heavy (non-hydrogen) atoms. The summed E-state index contributed by atoms with van der Waals surface area (Å²) in [5, 5.41) is 20.4. The van der Waals surface area contributed by atoms with Gasteiger partial charge in [-0.25, -0.2) is 9.55 Å². The van der Waals surface area contributed by atoms with Crippen LogP contribution in [0.5, 0.6) is 0 Å². The van der Waals surface area contributed by atoms with Gasteiger partial charge in [-0.15, -0.1) is 0 Å². The van der Waals surface area contributed by atoms with Gasteiger partial charge >= 0.3 is 5.82 Å². The molecule has 1 heterocycles. The van der Waals surface area contributed by atoms with E-state index in [-0.39, 0.29) is 19.0 Å². The van der Waals surface area contributed by atoms with E-state index in [2.05, 4.69) is 4.98 Å². The van der Waals surface area contributed by atoms with E-state index in [0.717, 1.165) is 0 Å². The lowest BCUT2D eigenvalue weighted by Gasteiger charge is -2.10. The Bertz CT molecular complexity index is 393. The molecule has 0 fully saturated rings. The second kappa shape index (κ2) is 7.04. The van der Waals surface area contributed by atoms with Crippen molar-refractivity contribution in [2.24, 2.45) is 0 Å². The number of aryl methyl sites for hydroxylation is 1. The lowest BCUT2D eigenvalue weighted by molar-refractivity contribution is -0.392. The molecule has 0 aliphatic rings. The van der Waals surface area contributed by atoms with Gasteiger partial charge in [-0.05, 0) is 4.92 Å². The van der Waals surface area contributed by atoms with Crippen molar-refractivity contribution >= 4 is 5.82 Å². The summed E-state index contributed by atoms with van der Waals surface area (Å²) in [4.78, 5) is 14.1. The predicted octanol–water partition coefficient (Wildman–Crippen LogP) is 0.124. The molecule has 0 bridgehead atoms. The van der Waals surface area contributed by atoms with Crippen molar-refractivity contribution in [1.29, 1.82) is 0 Å². The molecule has 0 saturated carbocycles. The Morgan fingerprint density at radius 2 is 2.33 bits per heavy atom. The van der Waals surface area contributed by atoms with Crippen LogP contribution in [0.4, 0.5) is 5.82 Å². The Hall–Kier alpha value is -1.51. The molecule has 0 aliphatic heterocycles. The van der Waals surface area contributed by atoms with Gasteiger partial charge in [-0.1, -0.05) is 0 Å². The van der Waals surface area contributed by atoms with E-state index in [4.69, 9.17) is 9.47 Å². The van der Waals surface area contributed by atoms with Gasteiger partial charge in [-0.3, -0.25) is 0 Å². The van der Waals surface area contributed by atoms with Crippen LogP contribution in [0.25, 0.3) is 0 Å². The molecule has 1 unspecified atom stereocenters. The first-order valence-corrected chi connectivity index (χ1v) is 5.47. The van der Waals surface area contributed by atoms with Crippen LogP contribution in [-0.4, -0.2) is 52.6 Å². The highest BCUT2D eigenvalue weighted by Crippen LogP contribution is 2.14. The summed E-state index contributed by atoms with van der Waals surface area (Å²) in [6.07, 6.45) is 0.349. The Balaban J connectivity index is 2.50. The zero-order valence-corrected chi connectivity index (χ0v) is 10.4. The third-order valence-corrected chi connectivity index (χ3v) is 2.36. The summed E-state index contributed by atoms with van der Waals surface area (Å²) in [7, 11) is 1.55. The van der Waals surface area contributed by atoms with Crippen LogP contribution < -0.4 is 0 Å². The smallest absolute Gasteiger partial charge is 0.342 e. The summed E-state index contributed by atoms with van der Waals surface area (Å²) in [5.41, 5.74) is 0. The topological polar surface area (TPSA) is 99.6 Å². The molecule has 0 aliphatic carbocycles. The molecule has 0 aromatic carbocycles. The van der Waals surface area contributed by atoms with E-state index in [1.807, 2.05) is 0 Å². The fraction of sp³-hybridized carbons (Fsp3) is 0.700. The van der Waals surface area contributed by atoms with E-state index in [9.17, 15) is 15.2 Å². The molecule has 0 saturated heterocycles. The first-order chi connectivity index (χ1) is 8.56. The number of ether oxygens (including phenoxy) is 2. The van der Waals surface area contributed by atoms with Gasteiger partial charge in [0.15, 0.2) is 5.82 Å². The number of nitro groups is 1. The van der Waals surface area contributed by atoms with Crippen LogP contribution in [0.1, 0.15) is 5.82 Å². The average Bonchev–Trinajstić information content (AvgIpc) is 2.67. The Kier molecular flexibility index (Phi) is 5.69. The summed E-state index contributed by atoms with van der Waals surface area (Å²) in [6, 6.07) is 0. The third-order valence-electron chi connectivity index (χ3n) is 2.36. The molecular weight excluding hydrogens is 242 g/mol. The quantitative estimate of drug-likeness (QED) is 0.404. The average molecular weight is 259 g/mol. The molecule has 0 spiro atoms. The number of imidazole rings is 1. The largest absolute Gasteiger partial charge is 0.387 e. The molecule has 1 atom stereocenters. The molecule has 1 N–H and O–H groups in total. The van der Waals surface area contributed by atoms with Gasteiger partial charge in [0, 0.05) is 14.0 Å². The summed E-state index contributed by atoms with van der Waals surface area (Å²) in [5.74, 6) is 0.348. The highest BCUT2D eigenvalue weighted by atomic mass is 16.6. The molecule has 1 aromatic heterocycles. The van der Waals surface area contributed by atoms with Crippen LogP contribution in [0, 0.1) is 17.0 Å². The minimum absolute atomic E-state index is 0.0785. The summed E-state index contributed by atoms with van der Waals surface area (Å²) < 4.78 is 11.3. The number of rotatable bonds is 8. The van der Waals surface area contributed by atoms with Crippen LogP contribution in [0.2, 0.25) is 0 Å². The van der Waals surface area contributed by atoms with Gasteiger partial charge < -0.3 is 24.7 Å². The number of aromatic nitrogens is 2. The van der Waals surface area contributed by atoms with Crippen molar-refractivity contribution < 1.29 is 19.5 Å². The van der Waals surface area contributed by atoms with Crippen LogP contribution in [-0.2, 0) is 16.0 Å². The number of hydrogen-bond acceptors (Lipinski definition) is 6. The van der Waals surface area contributed by atoms with Crippen LogP contribution in [0.3, 0.4) is 0 Å². The molecule has 8 nitrogen and oxygen atoms in total. The maximum atomic E-state index is 10.7. The molecule has 0 radical (unpaired) electrons. The van der Waals surface area contributed by atoms with Gasteiger partial charge in [0.1, 0.15) is 18.8 Å². The first-order valence-electron chi connectivity index (χ1n) is 5.47. The lowest BCUT2D eigenvalue weighted by atomic mass is 10.3. The van der Waals surface area contributed by atoms with Crippen molar-refractivity contribution in [2.75, 3.05) is 26.9 Å². The van der Waals surface area contributed by atoms with Gasteiger partial charge in [0.2, 0.25) is 0 Å². The van der Waals surface area contributed by atoms with Crippen molar-refractivity contribution in [2.45, 2.75) is 19.6 Å². The third kappa shape index (κ3) is 4.06. The summed E-state index contributed by atoms with van der Waals surface area (Å²) >= 11 is 0. The van der Waals surface area contributed by atoms with Gasteiger partial charge in [0.05, 0.1) is 19.8 Å². The Morgan fingerprint density at radius 1 is 1.61 bits per heavy atom. The minimum atomic E-state index is -0.826. The standard InChI is InChI=1S/C10H17N3O5/c1-8-11-5-10(13(15)16)12(8)6-9(14)7-18-4-3-17-2/h5,9,14H,3-4,6-7H2,1-2H3. The SMILES string of the molecule is COCCOCC(O)Cn1c([N+](=O)[O-])cnc1C. The second-order valence-corrected chi connectivity index (χ2v) is 3.75. The molecular formula is C10H17N3O5. The van der Waals surface area contributed by atoms with E-state index >= 15 is 0 Å². The van der Waals surface area contributed by atoms with Gasteiger partial charge in [0.25, 0.3) is 0 Å². The van der Waals surface area contributed by atoms with Crippen molar-refractivity contribution in [3.05, 3.63) is 22.1 Å². The highest BCUT2D eigenvalue weighted by molar-refractivity contribution is 5.18. The Morgan fingerprint density at radius 3 is 2.94 bits per heavy atom. The lowest BCUT2D eigenvalue weighted by Crippen LogP contribution is -2.24. The fourth-order valence-electron chi connectivity index (χ4n) is 1.45. The van der Waals surface area contributed by atoms with Crippen molar-refractivity contribution in [3.8, 4) is 0 Å². The maximum Gasteiger partial charge on any atom is 0.342 e. The van der Waals surface area contributed by atoms with E-state index in [1.165, 1.54) is 10.8 Å². The number of nitrogens with zero attached hydrogens (tertiary/aromatic N) is 3. The zero-order valence-electron chi connectivity index (χ0n) is 10.4. The highest BCUT2D eigenvalue weighted by Gasteiger charge is 2.20. The van der Waals surface area contributed by atoms with E-state index in [0.29, 0.717) is 19.0 Å². The Labute approximate surface area is 104 Å². The number of aliphatic hydroxyl groups is 1. The molecule has 1 rings (SSSR count). The monoisotopic (exact) mass is 259 g/mol. The summed E-state index contributed by atoms with van der Waals surface area (Å²) in [6.45, 7) is 2.63. The minimum Gasteiger partial charge on any atom is -0.387 e. The predicted molar refractivity (Wildman–Crippen MR) is 62.3 cm³/mol. The fourth-order valence-corrected chi connectivity index (χ4v) is 1.45. The normalized spacial score (nSPS) is 12.6. The van der Waals surface area contributed by atoms with Crippen LogP contribution in [0.15, 0.2) is 6.20 Å². The van der Waals surface area contributed by atoms with Crippen molar-refractivity contribution in [3.63, 3.8) is 0 Å². The van der Waals surface area contributed by atoms with Crippen molar-refractivity contribution in [1.82, 2.24) is 9.55 Å². The number of aliphatic hydroxyl groups excluding tert-OH is 1. The number of hydrogen-bond donors (Lipinski definition) is 1. The van der Waals surface area contributed by atoms with E-state index in [1.54, 1.807) is 14.0 Å². The zero-order chi connectivity index (χ0) is 13.5.